The number of aliphatic carboxylic acids is 1. The van der Waals surface area contributed by atoms with Crippen molar-refractivity contribution in [3.8, 4) is 0 Å². The Kier molecular flexibility index (Phi) is 34.9. The Balaban J connectivity index is 3.42. The van der Waals surface area contributed by atoms with E-state index in [1.807, 2.05) is 0 Å². The Morgan fingerprint density at radius 1 is 0.481 bits per heavy atom. The van der Waals surface area contributed by atoms with Crippen LogP contribution in [0.4, 0.5) is 0 Å². The summed E-state index contributed by atoms with van der Waals surface area (Å²) >= 11 is 0. The fourth-order valence-electron chi connectivity index (χ4n) is 4.21. The first kappa shape index (κ1) is 51.0. The van der Waals surface area contributed by atoms with Crippen molar-refractivity contribution in [2.24, 2.45) is 5.92 Å². The lowest BCUT2D eigenvalue weighted by Crippen LogP contribution is -2.53. The summed E-state index contributed by atoms with van der Waals surface area (Å²) in [5.41, 5.74) is 0. The summed E-state index contributed by atoms with van der Waals surface area (Å²) < 4.78 is 43.5. The second-order valence-corrected chi connectivity index (χ2v) is 12.4. The maximum absolute atomic E-state index is 12.3. The van der Waals surface area contributed by atoms with Crippen LogP contribution in [-0.2, 0) is 61.9 Å². The molecular weight excluding hydrogens is 712 g/mol. The van der Waals surface area contributed by atoms with Crippen LogP contribution >= 0.6 is 0 Å². The molecule has 0 unspecified atom stereocenters. The number of rotatable bonds is 39. The van der Waals surface area contributed by atoms with Crippen LogP contribution in [0.15, 0.2) is 0 Å². The van der Waals surface area contributed by atoms with Crippen LogP contribution in [0.5, 0.6) is 0 Å². The van der Waals surface area contributed by atoms with Gasteiger partial charge in [-0.1, -0.05) is 27.2 Å². The molecule has 0 heterocycles. The molecule has 0 radical (unpaired) electrons. The molecule has 0 saturated heterocycles. The van der Waals surface area contributed by atoms with Gasteiger partial charge in [-0.25, -0.2) is 0 Å². The van der Waals surface area contributed by atoms with E-state index < -0.39 is 29.9 Å². The van der Waals surface area contributed by atoms with E-state index in [0.717, 1.165) is 12.8 Å². The van der Waals surface area contributed by atoms with E-state index in [2.05, 4.69) is 28.2 Å². The molecular formula is C36H68N4O14. The van der Waals surface area contributed by atoms with E-state index in [0.29, 0.717) is 132 Å². The first-order valence-electron chi connectivity index (χ1n) is 19.1. The zero-order chi connectivity index (χ0) is 40.1. The third-order valence-electron chi connectivity index (χ3n) is 7.30. The Bertz CT molecular complexity index is 976. The SMILES string of the molecule is CCCCNC(=O)CCOCCOCCOCCOCCOCCOCCOCCOCCNC(=O)CCCC(=O)N[C@H](C(=O)N[C@@H](C)C(=O)O)C(C)C. The standard InChI is InChI=1S/C36H68N4O14/c1-5-6-11-37-32(42)10-13-47-15-17-49-19-21-51-23-25-53-27-28-54-26-24-52-22-20-50-18-16-48-14-12-38-31(41)8-7-9-33(43)40-34(29(2)3)35(44)39-30(4)36(45)46/h29-30,34H,5-28H2,1-4H3,(H,37,42)(H,38,41)(H,39,44)(H,40,43)(H,45,46)/t30-,34-/m0/s1. The van der Waals surface area contributed by atoms with E-state index in [9.17, 15) is 24.0 Å². The van der Waals surface area contributed by atoms with Gasteiger partial charge < -0.3 is 64.3 Å². The Labute approximate surface area is 320 Å². The van der Waals surface area contributed by atoms with Crippen LogP contribution in [0.2, 0.25) is 0 Å². The highest BCUT2D eigenvalue weighted by atomic mass is 16.6. The smallest absolute Gasteiger partial charge is 0.325 e. The minimum absolute atomic E-state index is 0.0121. The second-order valence-electron chi connectivity index (χ2n) is 12.4. The lowest BCUT2D eigenvalue weighted by molar-refractivity contribution is -0.142. The number of unbranched alkanes of at least 4 members (excludes halogenated alkanes) is 1. The Hall–Kier alpha value is -2.97. The van der Waals surface area contributed by atoms with Crippen molar-refractivity contribution in [3.63, 3.8) is 0 Å². The summed E-state index contributed by atoms with van der Waals surface area (Å²) in [7, 11) is 0. The van der Waals surface area contributed by atoms with Crippen LogP contribution in [-0.4, -0.2) is 166 Å². The third-order valence-corrected chi connectivity index (χ3v) is 7.30. The number of nitrogens with one attached hydrogen (secondary N) is 4. The first-order valence-corrected chi connectivity index (χ1v) is 19.1. The molecule has 0 aromatic rings. The third kappa shape index (κ3) is 33.6. The second kappa shape index (κ2) is 37.0. The average molecular weight is 781 g/mol. The van der Waals surface area contributed by atoms with E-state index in [1.54, 1.807) is 13.8 Å². The molecule has 0 aliphatic heterocycles. The summed E-state index contributed by atoms with van der Waals surface area (Å²) in [5.74, 6) is -2.58. The highest BCUT2D eigenvalue weighted by Gasteiger charge is 2.26. The van der Waals surface area contributed by atoms with Crippen molar-refractivity contribution < 1.29 is 67.0 Å². The average Bonchev–Trinajstić information content (AvgIpc) is 3.13. The fourth-order valence-corrected chi connectivity index (χ4v) is 4.21. The molecule has 0 aliphatic rings. The van der Waals surface area contributed by atoms with Crippen molar-refractivity contribution in [2.75, 3.05) is 119 Å². The van der Waals surface area contributed by atoms with Crippen molar-refractivity contribution in [3.05, 3.63) is 0 Å². The Morgan fingerprint density at radius 3 is 1.30 bits per heavy atom. The topological polar surface area (TPSA) is 228 Å². The monoisotopic (exact) mass is 780 g/mol. The molecule has 0 spiro atoms. The van der Waals surface area contributed by atoms with E-state index >= 15 is 0 Å². The van der Waals surface area contributed by atoms with Gasteiger partial charge in [0.15, 0.2) is 0 Å². The van der Waals surface area contributed by atoms with Crippen LogP contribution < -0.4 is 21.3 Å². The molecule has 0 aromatic heterocycles. The summed E-state index contributed by atoms with van der Waals surface area (Å²) in [5, 5.41) is 19.5. The molecule has 4 amide bonds. The minimum atomic E-state index is -1.17. The highest BCUT2D eigenvalue weighted by Crippen LogP contribution is 2.05. The summed E-state index contributed by atoms with van der Waals surface area (Å²) in [6.07, 6.45) is 2.89. The number of carbonyl (C=O) groups is 5. The van der Waals surface area contributed by atoms with Gasteiger partial charge in [-0.05, 0) is 25.7 Å². The number of hydrogen-bond acceptors (Lipinski definition) is 13. The quantitative estimate of drug-likeness (QED) is 0.0534. The number of carbonyl (C=O) groups excluding carboxylic acids is 4. The molecule has 0 fully saturated rings. The molecule has 0 rings (SSSR count). The number of amides is 4. The molecule has 0 bridgehead atoms. The van der Waals surface area contributed by atoms with Crippen molar-refractivity contribution in [1.29, 1.82) is 0 Å². The Morgan fingerprint density at radius 2 is 0.870 bits per heavy atom. The molecule has 0 aromatic carbocycles. The lowest BCUT2D eigenvalue weighted by Gasteiger charge is -2.23. The van der Waals surface area contributed by atoms with Crippen LogP contribution in [0, 0.1) is 5.92 Å². The predicted octanol–water partition coefficient (Wildman–Crippen LogP) is 0.442. The molecule has 2 atom stereocenters. The highest BCUT2D eigenvalue weighted by molar-refractivity contribution is 5.90. The largest absolute Gasteiger partial charge is 0.480 e. The normalized spacial score (nSPS) is 12.3. The zero-order valence-electron chi connectivity index (χ0n) is 33.0. The molecule has 316 valence electrons. The van der Waals surface area contributed by atoms with E-state index in [1.165, 1.54) is 6.92 Å². The van der Waals surface area contributed by atoms with Crippen molar-refractivity contribution in [2.45, 2.75) is 78.3 Å². The van der Waals surface area contributed by atoms with Gasteiger partial charge in [0.2, 0.25) is 23.6 Å². The zero-order valence-corrected chi connectivity index (χ0v) is 33.0. The van der Waals surface area contributed by atoms with E-state index in [4.69, 9.17) is 43.0 Å². The first-order chi connectivity index (χ1) is 26.1. The van der Waals surface area contributed by atoms with Gasteiger partial charge in [0.05, 0.1) is 106 Å². The molecule has 18 nitrogen and oxygen atoms in total. The van der Waals surface area contributed by atoms with Gasteiger partial charge in [-0.3, -0.25) is 24.0 Å². The molecule has 54 heavy (non-hydrogen) atoms. The minimum Gasteiger partial charge on any atom is -0.480 e. The van der Waals surface area contributed by atoms with Gasteiger partial charge in [-0.15, -0.1) is 0 Å². The van der Waals surface area contributed by atoms with Gasteiger partial charge in [0, 0.05) is 32.4 Å². The molecule has 5 N–H and O–H groups in total. The van der Waals surface area contributed by atoms with Crippen molar-refractivity contribution in [1.82, 2.24) is 21.3 Å². The van der Waals surface area contributed by atoms with Gasteiger partial charge in [-0.2, -0.15) is 0 Å². The van der Waals surface area contributed by atoms with E-state index in [-0.39, 0.29) is 30.6 Å². The fraction of sp³-hybridized carbons (Fsp3) is 0.861. The summed E-state index contributed by atoms with van der Waals surface area (Å²) in [6.45, 7) is 14.8. The van der Waals surface area contributed by atoms with Crippen LogP contribution in [0.3, 0.4) is 0 Å². The van der Waals surface area contributed by atoms with Crippen LogP contribution in [0.25, 0.3) is 0 Å². The maximum atomic E-state index is 12.3. The summed E-state index contributed by atoms with van der Waals surface area (Å²) in [4.78, 5) is 59.1. The number of carboxylic acids is 1. The summed E-state index contributed by atoms with van der Waals surface area (Å²) in [6, 6.07) is -1.95. The lowest BCUT2D eigenvalue weighted by atomic mass is 10.0. The van der Waals surface area contributed by atoms with Gasteiger partial charge in [0.1, 0.15) is 12.1 Å². The van der Waals surface area contributed by atoms with Crippen LogP contribution in [0.1, 0.15) is 66.2 Å². The predicted molar refractivity (Wildman–Crippen MR) is 198 cm³/mol. The van der Waals surface area contributed by atoms with Gasteiger partial charge >= 0.3 is 5.97 Å². The number of hydrogen-bond donors (Lipinski definition) is 5. The molecule has 0 saturated carbocycles. The van der Waals surface area contributed by atoms with Crippen molar-refractivity contribution >= 4 is 29.6 Å². The maximum Gasteiger partial charge on any atom is 0.325 e. The molecule has 0 aliphatic carbocycles. The number of ether oxygens (including phenoxy) is 8. The molecule has 18 heteroatoms. The van der Waals surface area contributed by atoms with Gasteiger partial charge in [0.25, 0.3) is 0 Å². The number of carboxylic acid groups (broad SMARTS) is 1.